The van der Waals surface area contributed by atoms with Gasteiger partial charge in [-0.2, -0.15) is 0 Å². The lowest BCUT2D eigenvalue weighted by Crippen LogP contribution is -2.57. The third-order valence-electron chi connectivity index (χ3n) is 5.08. The number of nitrogens with zero attached hydrogens (tertiary/aromatic N) is 2. The van der Waals surface area contributed by atoms with Crippen molar-refractivity contribution in [1.29, 1.82) is 0 Å². The SMILES string of the molecule is CCC(CN)N1CCN(C2CC(C)(C)OC2(C)C)CC1. The summed E-state index contributed by atoms with van der Waals surface area (Å²) in [5, 5.41) is 0. The summed E-state index contributed by atoms with van der Waals surface area (Å²) in [4.78, 5) is 5.19. The van der Waals surface area contributed by atoms with E-state index in [9.17, 15) is 0 Å². The molecule has 0 aromatic carbocycles. The fourth-order valence-corrected chi connectivity index (χ4v) is 4.09. The van der Waals surface area contributed by atoms with Crippen LogP contribution in [0.25, 0.3) is 0 Å². The van der Waals surface area contributed by atoms with Crippen molar-refractivity contribution < 1.29 is 4.74 Å². The van der Waals surface area contributed by atoms with Crippen LogP contribution < -0.4 is 5.73 Å². The van der Waals surface area contributed by atoms with Crippen LogP contribution in [0, 0.1) is 0 Å². The van der Waals surface area contributed by atoms with E-state index in [4.69, 9.17) is 10.5 Å². The molecule has 4 nitrogen and oxygen atoms in total. The average Bonchev–Trinajstić information content (AvgIpc) is 2.60. The van der Waals surface area contributed by atoms with Crippen molar-refractivity contribution >= 4 is 0 Å². The molecule has 2 aliphatic heterocycles. The minimum Gasteiger partial charge on any atom is -0.368 e. The molecule has 2 saturated heterocycles. The van der Waals surface area contributed by atoms with E-state index in [1.54, 1.807) is 0 Å². The van der Waals surface area contributed by atoms with E-state index >= 15 is 0 Å². The smallest absolute Gasteiger partial charge is 0.0789 e. The summed E-state index contributed by atoms with van der Waals surface area (Å²) in [5.74, 6) is 0. The van der Waals surface area contributed by atoms with Gasteiger partial charge in [0.25, 0.3) is 0 Å². The average molecular weight is 283 g/mol. The van der Waals surface area contributed by atoms with Crippen molar-refractivity contribution in [3.05, 3.63) is 0 Å². The third kappa shape index (κ3) is 3.35. The van der Waals surface area contributed by atoms with E-state index in [0.29, 0.717) is 12.1 Å². The minimum atomic E-state index is -0.0380. The van der Waals surface area contributed by atoms with Crippen LogP contribution in [-0.2, 0) is 4.74 Å². The Morgan fingerprint density at radius 3 is 2.15 bits per heavy atom. The van der Waals surface area contributed by atoms with E-state index in [-0.39, 0.29) is 11.2 Å². The summed E-state index contributed by atoms with van der Waals surface area (Å²) in [5.41, 5.74) is 5.84. The summed E-state index contributed by atoms with van der Waals surface area (Å²) in [6, 6.07) is 1.10. The maximum absolute atomic E-state index is 6.24. The van der Waals surface area contributed by atoms with Crippen LogP contribution in [0.15, 0.2) is 0 Å². The van der Waals surface area contributed by atoms with Gasteiger partial charge < -0.3 is 10.5 Å². The molecule has 0 amide bonds. The molecular weight excluding hydrogens is 250 g/mol. The Labute approximate surface area is 124 Å². The molecule has 4 heteroatoms. The highest BCUT2D eigenvalue weighted by molar-refractivity contribution is 5.01. The quantitative estimate of drug-likeness (QED) is 0.852. The second kappa shape index (κ2) is 5.91. The maximum atomic E-state index is 6.24. The molecule has 2 atom stereocenters. The Morgan fingerprint density at radius 1 is 1.15 bits per heavy atom. The fourth-order valence-electron chi connectivity index (χ4n) is 4.09. The van der Waals surface area contributed by atoms with Gasteiger partial charge in [-0.1, -0.05) is 6.92 Å². The molecule has 20 heavy (non-hydrogen) atoms. The van der Waals surface area contributed by atoms with Crippen molar-refractivity contribution in [2.45, 2.75) is 70.7 Å². The standard InChI is InChI=1S/C16H33N3O/c1-6-13(12-17)18-7-9-19(10-8-18)14-11-15(2,3)20-16(14,4)5/h13-14H,6-12,17H2,1-5H3. The highest BCUT2D eigenvalue weighted by atomic mass is 16.5. The molecule has 2 N–H and O–H groups in total. The van der Waals surface area contributed by atoms with Gasteiger partial charge >= 0.3 is 0 Å². The topological polar surface area (TPSA) is 41.7 Å². The first kappa shape index (κ1) is 16.2. The lowest BCUT2D eigenvalue weighted by atomic mass is 9.92. The normalized spacial score (nSPS) is 32.4. The van der Waals surface area contributed by atoms with Crippen molar-refractivity contribution in [1.82, 2.24) is 9.80 Å². The summed E-state index contributed by atoms with van der Waals surface area (Å²) < 4.78 is 6.24. The summed E-state index contributed by atoms with van der Waals surface area (Å²) in [6.07, 6.45) is 2.29. The Bertz CT molecular complexity index is 318. The lowest BCUT2D eigenvalue weighted by molar-refractivity contribution is -0.0842. The molecule has 2 heterocycles. The maximum Gasteiger partial charge on any atom is 0.0789 e. The Morgan fingerprint density at radius 2 is 1.75 bits per heavy atom. The first-order chi connectivity index (χ1) is 9.29. The Balaban J connectivity index is 1.94. The molecule has 0 saturated carbocycles. The first-order valence-corrected chi connectivity index (χ1v) is 8.17. The zero-order valence-corrected chi connectivity index (χ0v) is 14.0. The third-order valence-corrected chi connectivity index (χ3v) is 5.08. The van der Waals surface area contributed by atoms with Gasteiger partial charge in [0.05, 0.1) is 11.2 Å². The van der Waals surface area contributed by atoms with Crippen LogP contribution in [0.3, 0.4) is 0 Å². The predicted molar refractivity (Wildman–Crippen MR) is 83.9 cm³/mol. The number of ether oxygens (including phenoxy) is 1. The van der Waals surface area contributed by atoms with Crippen molar-refractivity contribution in [3.8, 4) is 0 Å². The lowest BCUT2D eigenvalue weighted by Gasteiger charge is -2.43. The second-order valence-electron chi connectivity index (χ2n) is 7.55. The van der Waals surface area contributed by atoms with Gasteiger partial charge in [0.1, 0.15) is 0 Å². The molecule has 0 aromatic rings. The molecule has 0 bridgehead atoms. The summed E-state index contributed by atoms with van der Waals surface area (Å²) >= 11 is 0. The van der Waals surface area contributed by atoms with Crippen LogP contribution in [0.1, 0.15) is 47.5 Å². The molecule has 2 unspecified atom stereocenters. The molecule has 0 radical (unpaired) electrons. The highest BCUT2D eigenvalue weighted by Crippen LogP contribution is 2.40. The van der Waals surface area contributed by atoms with Crippen molar-refractivity contribution in [2.75, 3.05) is 32.7 Å². The first-order valence-electron chi connectivity index (χ1n) is 8.17. The van der Waals surface area contributed by atoms with Crippen LogP contribution in [0.5, 0.6) is 0 Å². The largest absolute Gasteiger partial charge is 0.368 e. The monoisotopic (exact) mass is 283 g/mol. The fraction of sp³-hybridized carbons (Fsp3) is 1.00. The number of nitrogens with two attached hydrogens (primary N) is 1. The number of piperazine rings is 1. The van der Waals surface area contributed by atoms with E-state index < -0.39 is 0 Å². The van der Waals surface area contributed by atoms with Crippen molar-refractivity contribution in [3.63, 3.8) is 0 Å². The molecule has 0 aliphatic carbocycles. The molecule has 2 rings (SSSR count). The summed E-state index contributed by atoms with van der Waals surface area (Å²) in [6.45, 7) is 16.5. The zero-order valence-electron chi connectivity index (χ0n) is 14.0. The Hall–Kier alpha value is -0.160. The molecule has 2 aliphatic rings. The van der Waals surface area contributed by atoms with Gasteiger partial charge in [-0.25, -0.2) is 0 Å². The van der Waals surface area contributed by atoms with Crippen LogP contribution in [-0.4, -0.2) is 65.8 Å². The van der Waals surface area contributed by atoms with Crippen LogP contribution >= 0.6 is 0 Å². The van der Waals surface area contributed by atoms with Crippen LogP contribution in [0.4, 0.5) is 0 Å². The van der Waals surface area contributed by atoms with Gasteiger partial charge in [-0.05, 0) is 40.5 Å². The van der Waals surface area contributed by atoms with Crippen LogP contribution in [0.2, 0.25) is 0 Å². The zero-order chi connectivity index (χ0) is 15.0. The second-order valence-corrected chi connectivity index (χ2v) is 7.55. The molecule has 118 valence electrons. The van der Waals surface area contributed by atoms with Gasteiger partial charge in [0.2, 0.25) is 0 Å². The van der Waals surface area contributed by atoms with Gasteiger partial charge in [-0.3, -0.25) is 9.80 Å². The minimum absolute atomic E-state index is 0.00845. The number of hydrogen-bond donors (Lipinski definition) is 1. The molecular formula is C16H33N3O. The molecule has 0 spiro atoms. The van der Waals surface area contributed by atoms with E-state index in [0.717, 1.165) is 45.6 Å². The number of rotatable bonds is 4. The van der Waals surface area contributed by atoms with E-state index in [2.05, 4.69) is 44.4 Å². The van der Waals surface area contributed by atoms with E-state index in [1.165, 1.54) is 0 Å². The molecule has 2 fully saturated rings. The predicted octanol–water partition coefficient (Wildman–Crippen LogP) is 1.69. The van der Waals surface area contributed by atoms with Crippen molar-refractivity contribution in [2.24, 2.45) is 5.73 Å². The highest BCUT2D eigenvalue weighted by Gasteiger charge is 2.48. The molecule has 0 aromatic heterocycles. The van der Waals surface area contributed by atoms with E-state index in [1.807, 2.05) is 0 Å². The Kier molecular flexibility index (Phi) is 4.80. The van der Waals surface area contributed by atoms with Gasteiger partial charge in [-0.15, -0.1) is 0 Å². The van der Waals surface area contributed by atoms with Gasteiger partial charge in [0.15, 0.2) is 0 Å². The van der Waals surface area contributed by atoms with Gasteiger partial charge in [0, 0.05) is 44.8 Å². The number of hydrogen-bond acceptors (Lipinski definition) is 4. The summed E-state index contributed by atoms with van der Waals surface area (Å²) in [7, 11) is 0.